The molecule has 1 aromatic heterocycles. The van der Waals surface area contributed by atoms with Crippen LogP contribution in [0.3, 0.4) is 0 Å². The summed E-state index contributed by atoms with van der Waals surface area (Å²) in [6, 6.07) is 11.5. The third-order valence-corrected chi connectivity index (χ3v) is 4.56. The van der Waals surface area contributed by atoms with Crippen molar-refractivity contribution in [1.82, 2.24) is 15.6 Å². The Hall–Kier alpha value is -2.60. The maximum Gasteiger partial charge on any atom is 0.224 e. The lowest BCUT2D eigenvalue weighted by atomic mass is 9.90. The molecule has 0 saturated carbocycles. The van der Waals surface area contributed by atoms with E-state index in [1.165, 1.54) is 0 Å². The van der Waals surface area contributed by atoms with Crippen molar-refractivity contribution >= 4 is 5.91 Å². The lowest BCUT2D eigenvalue weighted by molar-refractivity contribution is -0.126. The van der Waals surface area contributed by atoms with Gasteiger partial charge in [0.2, 0.25) is 5.91 Å². The average Bonchev–Trinajstić information content (AvgIpc) is 2.72. The summed E-state index contributed by atoms with van der Waals surface area (Å²) in [6.45, 7) is 2.68. The van der Waals surface area contributed by atoms with Crippen molar-refractivity contribution in [1.29, 1.82) is 0 Å². The molecule has 0 spiro atoms. The number of benzene rings is 1. The van der Waals surface area contributed by atoms with E-state index < -0.39 is 0 Å². The van der Waals surface area contributed by atoms with E-state index in [0.717, 1.165) is 30.0 Å². The number of ether oxygens (including phenoxy) is 2. The smallest absolute Gasteiger partial charge is 0.224 e. The molecule has 26 heavy (non-hydrogen) atoms. The molecule has 6 nitrogen and oxygen atoms in total. The lowest BCUT2D eigenvalue weighted by Gasteiger charge is -2.29. The van der Waals surface area contributed by atoms with E-state index in [1.54, 1.807) is 19.5 Å². The summed E-state index contributed by atoms with van der Waals surface area (Å²) in [7, 11) is 1.64. The highest BCUT2D eigenvalue weighted by atomic mass is 16.5. The predicted octanol–water partition coefficient (Wildman–Crippen LogP) is 2.01. The first kappa shape index (κ1) is 18.2. The second-order valence-electron chi connectivity index (χ2n) is 6.52. The highest BCUT2D eigenvalue weighted by Gasteiger charge is 2.27. The van der Waals surface area contributed by atoms with Crippen molar-refractivity contribution in [3.8, 4) is 11.5 Å². The highest BCUT2D eigenvalue weighted by Crippen LogP contribution is 2.19. The Morgan fingerprint density at radius 2 is 2.08 bits per heavy atom. The lowest BCUT2D eigenvalue weighted by Crippen LogP contribution is -2.45. The Bertz CT molecular complexity index is 691. The number of methoxy groups -OCH3 is 1. The number of piperidine rings is 1. The van der Waals surface area contributed by atoms with E-state index in [9.17, 15) is 4.79 Å². The van der Waals surface area contributed by atoms with Crippen LogP contribution in [0.2, 0.25) is 0 Å². The van der Waals surface area contributed by atoms with E-state index in [4.69, 9.17) is 9.47 Å². The SMILES string of the molecule is COc1ccc(CNC(=O)[C@H]2CNC[C@@H](COc3cccnc3)C2)cc1. The summed E-state index contributed by atoms with van der Waals surface area (Å²) in [5.74, 6) is 1.93. The van der Waals surface area contributed by atoms with Gasteiger partial charge in [-0.25, -0.2) is 0 Å². The van der Waals surface area contributed by atoms with Gasteiger partial charge in [-0.05, 0) is 36.2 Å². The van der Waals surface area contributed by atoms with Crippen LogP contribution in [0.5, 0.6) is 11.5 Å². The van der Waals surface area contributed by atoms with Crippen LogP contribution in [0.1, 0.15) is 12.0 Å². The minimum Gasteiger partial charge on any atom is -0.497 e. The fourth-order valence-electron chi connectivity index (χ4n) is 3.08. The van der Waals surface area contributed by atoms with E-state index in [2.05, 4.69) is 15.6 Å². The number of carbonyl (C=O) groups is 1. The van der Waals surface area contributed by atoms with Crippen molar-refractivity contribution in [2.75, 3.05) is 26.8 Å². The molecule has 2 aromatic rings. The predicted molar refractivity (Wildman–Crippen MR) is 99.0 cm³/mol. The quantitative estimate of drug-likeness (QED) is 0.795. The van der Waals surface area contributed by atoms with Crippen LogP contribution in [-0.4, -0.2) is 37.7 Å². The molecule has 1 aliphatic rings. The first-order valence-corrected chi connectivity index (χ1v) is 8.89. The van der Waals surface area contributed by atoms with Crippen molar-refractivity contribution in [3.63, 3.8) is 0 Å². The van der Waals surface area contributed by atoms with Crippen LogP contribution in [0.15, 0.2) is 48.8 Å². The zero-order valence-corrected chi connectivity index (χ0v) is 15.0. The molecule has 2 atom stereocenters. The molecule has 6 heteroatoms. The second-order valence-corrected chi connectivity index (χ2v) is 6.52. The number of pyridine rings is 1. The maximum absolute atomic E-state index is 12.5. The molecule has 1 aliphatic heterocycles. The summed E-state index contributed by atoms with van der Waals surface area (Å²) in [4.78, 5) is 16.5. The van der Waals surface area contributed by atoms with Gasteiger partial charge in [0.1, 0.15) is 11.5 Å². The van der Waals surface area contributed by atoms with Gasteiger partial charge in [0.25, 0.3) is 0 Å². The number of hydrogen-bond acceptors (Lipinski definition) is 5. The number of amides is 1. The molecule has 1 fully saturated rings. The second kappa shape index (κ2) is 9.20. The fourth-order valence-corrected chi connectivity index (χ4v) is 3.08. The van der Waals surface area contributed by atoms with Gasteiger partial charge in [0.05, 0.1) is 25.8 Å². The van der Waals surface area contributed by atoms with Crippen molar-refractivity contribution < 1.29 is 14.3 Å². The molecule has 2 heterocycles. The number of nitrogens with zero attached hydrogens (tertiary/aromatic N) is 1. The van der Waals surface area contributed by atoms with Gasteiger partial charge in [0, 0.05) is 31.7 Å². The molecule has 0 bridgehead atoms. The molecule has 1 aromatic carbocycles. The molecule has 1 amide bonds. The maximum atomic E-state index is 12.5. The molecule has 0 unspecified atom stereocenters. The van der Waals surface area contributed by atoms with Gasteiger partial charge in [-0.2, -0.15) is 0 Å². The number of aromatic nitrogens is 1. The molecule has 0 radical (unpaired) electrons. The zero-order chi connectivity index (χ0) is 18.2. The van der Waals surface area contributed by atoms with Crippen molar-refractivity contribution in [3.05, 3.63) is 54.4 Å². The van der Waals surface area contributed by atoms with Crippen LogP contribution in [0, 0.1) is 11.8 Å². The Kier molecular flexibility index (Phi) is 6.44. The topological polar surface area (TPSA) is 72.5 Å². The van der Waals surface area contributed by atoms with Crippen LogP contribution >= 0.6 is 0 Å². The molecule has 1 saturated heterocycles. The first-order valence-electron chi connectivity index (χ1n) is 8.89. The van der Waals surface area contributed by atoms with Gasteiger partial charge in [0.15, 0.2) is 0 Å². The Labute approximate surface area is 153 Å². The highest BCUT2D eigenvalue weighted by molar-refractivity contribution is 5.79. The number of hydrogen-bond donors (Lipinski definition) is 2. The monoisotopic (exact) mass is 355 g/mol. The van der Waals surface area contributed by atoms with Gasteiger partial charge >= 0.3 is 0 Å². The molecule has 0 aliphatic carbocycles. The third kappa shape index (κ3) is 5.20. The van der Waals surface area contributed by atoms with Gasteiger partial charge in [-0.15, -0.1) is 0 Å². The summed E-state index contributed by atoms with van der Waals surface area (Å²) >= 11 is 0. The fraction of sp³-hybridized carbons (Fsp3) is 0.400. The molecule has 138 valence electrons. The summed E-state index contributed by atoms with van der Waals surface area (Å²) in [6.07, 6.45) is 4.25. The summed E-state index contributed by atoms with van der Waals surface area (Å²) < 4.78 is 10.9. The van der Waals surface area contributed by atoms with E-state index >= 15 is 0 Å². The Morgan fingerprint density at radius 3 is 2.81 bits per heavy atom. The van der Waals surface area contributed by atoms with Crippen molar-refractivity contribution in [2.45, 2.75) is 13.0 Å². The van der Waals surface area contributed by atoms with Crippen LogP contribution < -0.4 is 20.1 Å². The van der Waals surface area contributed by atoms with E-state index in [0.29, 0.717) is 25.6 Å². The molecular formula is C20H25N3O3. The Morgan fingerprint density at radius 1 is 1.23 bits per heavy atom. The van der Waals surface area contributed by atoms with Gasteiger partial charge < -0.3 is 20.1 Å². The zero-order valence-electron chi connectivity index (χ0n) is 15.0. The normalized spacial score (nSPS) is 19.6. The van der Waals surface area contributed by atoms with Gasteiger partial charge in [-0.3, -0.25) is 9.78 Å². The van der Waals surface area contributed by atoms with E-state index in [-0.39, 0.29) is 11.8 Å². The average molecular weight is 355 g/mol. The standard InChI is InChI=1S/C20H25N3O3/c1-25-18-6-4-15(5-7-18)11-23-20(24)17-9-16(10-22-12-17)14-26-19-3-2-8-21-13-19/h2-8,13,16-17,22H,9-12,14H2,1H3,(H,23,24)/t16-,17+/m0/s1. The first-order chi connectivity index (χ1) is 12.7. The van der Waals surface area contributed by atoms with Crippen molar-refractivity contribution in [2.24, 2.45) is 11.8 Å². The third-order valence-electron chi connectivity index (χ3n) is 4.56. The van der Waals surface area contributed by atoms with Crippen LogP contribution in [-0.2, 0) is 11.3 Å². The minimum absolute atomic E-state index is 0.0375. The van der Waals surface area contributed by atoms with Crippen LogP contribution in [0.25, 0.3) is 0 Å². The minimum atomic E-state index is -0.0375. The Balaban J connectivity index is 1.44. The van der Waals surface area contributed by atoms with Gasteiger partial charge in [-0.1, -0.05) is 12.1 Å². The summed E-state index contributed by atoms with van der Waals surface area (Å²) in [5.41, 5.74) is 1.05. The number of carbonyl (C=O) groups excluding carboxylic acids is 1. The number of rotatable bonds is 7. The molecule has 3 rings (SSSR count). The number of nitrogens with one attached hydrogen (secondary N) is 2. The van der Waals surface area contributed by atoms with Crippen LogP contribution in [0.4, 0.5) is 0 Å². The molecule has 2 N–H and O–H groups in total. The van der Waals surface area contributed by atoms with E-state index in [1.807, 2.05) is 36.4 Å². The summed E-state index contributed by atoms with van der Waals surface area (Å²) in [5, 5.41) is 6.37. The molecular weight excluding hydrogens is 330 g/mol. The largest absolute Gasteiger partial charge is 0.497 e.